The molecule has 98 valence electrons. The molecule has 2 aromatic rings. The zero-order chi connectivity index (χ0) is 13.7. The van der Waals surface area contributed by atoms with Crippen molar-refractivity contribution in [3.05, 3.63) is 41.5 Å². The van der Waals surface area contributed by atoms with Crippen molar-refractivity contribution in [2.24, 2.45) is 5.73 Å². The highest BCUT2D eigenvalue weighted by Crippen LogP contribution is 2.15. The molecule has 0 radical (unpaired) electrons. The number of methoxy groups -OCH3 is 1. The summed E-state index contributed by atoms with van der Waals surface area (Å²) in [6.07, 6.45) is 6.15. The average Bonchev–Trinajstić information content (AvgIpc) is 2.88. The van der Waals surface area contributed by atoms with Crippen LogP contribution in [0.5, 0.6) is 5.75 Å². The Balaban J connectivity index is 2.05. The lowest BCUT2D eigenvalue weighted by Crippen LogP contribution is -2.09. The molecule has 0 saturated heterocycles. The SMILES string of the molecule is C#CCC(N)c1nc(Cc2ccc(OC)cc2)no1. The first-order valence-electron chi connectivity index (χ1n) is 5.87. The predicted molar refractivity (Wildman–Crippen MR) is 70.5 cm³/mol. The summed E-state index contributed by atoms with van der Waals surface area (Å²) >= 11 is 0. The molecule has 19 heavy (non-hydrogen) atoms. The van der Waals surface area contributed by atoms with Crippen LogP contribution in [0.15, 0.2) is 28.8 Å². The number of hydrogen-bond donors (Lipinski definition) is 1. The van der Waals surface area contributed by atoms with Crippen LogP contribution in [0.1, 0.15) is 29.7 Å². The highest BCUT2D eigenvalue weighted by molar-refractivity contribution is 5.28. The summed E-state index contributed by atoms with van der Waals surface area (Å²) in [6.45, 7) is 0. The van der Waals surface area contributed by atoms with Crippen LogP contribution in [0, 0.1) is 12.3 Å². The molecule has 0 saturated carbocycles. The van der Waals surface area contributed by atoms with Gasteiger partial charge in [0.15, 0.2) is 5.82 Å². The van der Waals surface area contributed by atoms with E-state index in [1.807, 2.05) is 24.3 Å². The minimum atomic E-state index is -0.401. The molecule has 0 bridgehead atoms. The van der Waals surface area contributed by atoms with E-state index in [-0.39, 0.29) is 0 Å². The van der Waals surface area contributed by atoms with E-state index in [9.17, 15) is 0 Å². The molecule has 0 amide bonds. The van der Waals surface area contributed by atoms with E-state index in [0.717, 1.165) is 11.3 Å². The van der Waals surface area contributed by atoms with E-state index in [2.05, 4.69) is 16.1 Å². The van der Waals surface area contributed by atoms with E-state index < -0.39 is 6.04 Å². The van der Waals surface area contributed by atoms with Crippen LogP contribution in [0.4, 0.5) is 0 Å². The predicted octanol–water partition coefficient (Wildman–Crippen LogP) is 1.69. The number of rotatable bonds is 5. The summed E-state index contributed by atoms with van der Waals surface area (Å²) in [5, 5.41) is 3.89. The van der Waals surface area contributed by atoms with Gasteiger partial charge in [0.05, 0.1) is 13.2 Å². The zero-order valence-electron chi connectivity index (χ0n) is 10.7. The molecule has 0 aliphatic carbocycles. The third kappa shape index (κ3) is 3.33. The van der Waals surface area contributed by atoms with Crippen LogP contribution < -0.4 is 10.5 Å². The lowest BCUT2D eigenvalue weighted by Gasteiger charge is -2.01. The van der Waals surface area contributed by atoms with Crippen LogP contribution >= 0.6 is 0 Å². The maximum Gasteiger partial charge on any atom is 0.244 e. The minimum Gasteiger partial charge on any atom is -0.497 e. The first-order chi connectivity index (χ1) is 9.22. The van der Waals surface area contributed by atoms with Gasteiger partial charge in [-0.15, -0.1) is 12.3 Å². The fourth-order valence-electron chi connectivity index (χ4n) is 1.63. The molecule has 0 fully saturated rings. The van der Waals surface area contributed by atoms with Gasteiger partial charge in [-0.05, 0) is 17.7 Å². The Kier molecular flexibility index (Phi) is 4.16. The van der Waals surface area contributed by atoms with Gasteiger partial charge < -0.3 is 15.0 Å². The molecule has 1 unspecified atom stereocenters. The average molecular weight is 257 g/mol. The van der Waals surface area contributed by atoms with E-state index in [1.54, 1.807) is 7.11 Å². The molecule has 0 aliphatic heterocycles. The van der Waals surface area contributed by atoms with Crippen LogP contribution in [-0.2, 0) is 6.42 Å². The van der Waals surface area contributed by atoms with Crippen molar-refractivity contribution >= 4 is 0 Å². The topological polar surface area (TPSA) is 74.2 Å². The Hall–Kier alpha value is -2.32. The number of terminal acetylenes is 1. The molecular weight excluding hydrogens is 242 g/mol. The van der Waals surface area contributed by atoms with Crippen molar-refractivity contribution in [2.45, 2.75) is 18.9 Å². The Morgan fingerprint density at radius 1 is 1.42 bits per heavy atom. The third-order valence-corrected chi connectivity index (χ3v) is 2.66. The van der Waals surface area contributed by atoms with Gasteiger partial charge in [0, 0.05) is 12.8 Å². The van der Waals surface area contributed by atoms with E-state index in [0.29, 0.717) is 24.6 Å². The van der Waals surface area contributed by atoms with E-state index >= 15 is 0 Å². The second-order valence-electron chi connectivity index (χ2n) is 4.09. The second kappa shape index (κ2) is 6.03. The Labute approximate surface area is 111 Å². The van der Waals surface area contributed by atoms with Crippen LogP contribution in [-0.4, -0.2) is 17.3 Å². The monoisotopic (exact) mass is 257 g/mol. The largest absolute Gasteiger partial charge is 0.497 e. The van der Waals surface area contributed by atoms with Gasteiger partial charge in [-0.1, -0.05) is 17.3 Å². The van der Waals surface area contributed by atoms with Gasteiger partial charge in [-0.2, -0.15) is 4.98 Å². The Morgan fingerprint density at radius 2 is 2.16 bits per heavy atom. The lowest BCUT2D eigenvalue weighted by molar-refractivity contribution is 0.353. The maximum atomic E-state index is 5.79. The third-order valence-electron chi connectivity index (χ3n) is 2.66. The van der Waals surface area contributed by atoms with Crippen molar-refractivity contribution in [1.29, 1.82) is 0 Å². The molecule has 0 aliphatic rings. The first kappa shape index (κ1) is 13.1. The van der Waals surface area contributed by atoms with Crippen LogP contribution in [0.25, 0.3) is 0 Å². The van der Waals surface area contributed by atoms with E-state index in [4.69, 9.17) is 21.4 Å². The number of aromatic nitrogens is 2. The highest BCUT2D eigenvalue weighted by Gasteiger charge is 2.13. The minimum absolute atomic E-state index is 0.376. The summed E-state index contributed by atoms with van der Waals surface area (Å²) in [6, 6.07) is 7.29. The molecule has 1 atom stereocenters. The number of nitrogens with zero attached hydrogens (tertiary/aromatic N) is 2. The van der Waals surface area contributed by atoms with Gasteiger partial charge in [0.1, 0.15) is 5.75 Å². The molecule has 1 heterocycles. The Bertz CT molecular complexity index is 569. The molecular formula is C14H15N3O2. The van der Waals surface area contributed by atoms with Crippen LogP contribution in [0.3, 0.4) is 0 Å². The van der Waals surface area contributed by atoms with Crippen molar-refractivity contribution in [3.8, 4) is 18.1 Å². The summed E-state index contributed by atoms with van der Waals surface area (Å²) in [4.78, 5) is 4.24. The van der Waals surface area contributed by atoms with Crippen molar-refractivity contribution < 1.29 is 9.26 Å². The highest BCUT2D eigenvalue weighted by atomic mass is 16.5. The van der Waals surface area contributed by atoms with Crippen molar-refractivity contribution in [3.63, 3.8) is 0 Å². The fraction of sp³-hybridized carbons (Fsp3) is 0.286. The summed E-state index contributed by atoms with van der Waals surface area (Å²) in [5.74, 6) is 4.25. The normalized spacial score (nSPS) is 11.8. The molecule has 0 spiro atoms. The second-order valence-corrected chi connectivity index (χ2v) is 4.09. The molecule has 1 aromatic heterocycles. The number of benzene rings is 1. The number of nitrogens with two attached hydrogens (primary N) is 1. The van der Waals surface area contributed by atoms with Gasteiger partial charge >= 0.3 is 0 Å². The Morgan fingerprint density at radius 3 is 2.79 bits per heavy atom. The maximum absolute atomic E-state index is 5.79. The first-order valence-corrected chi connectivity index (χ1v) is 5.87. The molecule has 2 rings (SSSR count). The van der Waals surface area contributed by atoms with Gasteiger partial charge in [-0.25, -0.2) is 0 Å². The van der Waals surface area contributed by atoms with Gasteiger partial charge in [0.25, 0.3) is 0 Å². The quantitative estimate of drug-likeness (QED) is 0.825. The van der Waals surface area contributed by atoms with Crippen molar-refractivity contribution in [2.75, 3.05) is 7.11 Å². The fourth-order valence-corrected chi connectivity index (χ4v) is 1.63. The van der Waals surface area contributed by atoms with Gasteiger partial charge in [0.2, 0.25) is 5.89 Å². The summed E-state index contributed by atoms with van der Waals surface area (Å²) in [5.41, 5.74) is 6.86. The summed E-state index contributed by atoms with van der Waals surface area (Å²) < 4.78 is 10.2. The molecule has 5 nitrogen and oxygen atoms in total. The van der Waals surface area contributed by atoms with Crippen molar-refractivity contribution in [1.82, 2.24) is 10.1 Å². The number of hydrogen-bond acceptors (Lipinski definition) is 5. The van der Waals surface area contributed by atoms with Crippen LogP contribution in [0.2, 0.25) is 0 Å². The smallest absolute Gasteiger partial charge is 0.244 e. The number of ether oxygens (including phenoxy) is 1. The van der Waals surface area contributed by atoms with Gasteiger partial charge in [-0.3, -0.25) is 0 Å². The lowest BCUT2D eigenvalue weighted by atomic mass is 10.1. The molecule has 2 N–H and O–H groups in total. The zero-order valence-corrected chi connectivity index (χ0v) is 10.7. The summed E-state index contributed by atoms with van der Waals surface area (Å²) in [7, 11) is 1.63. The molecule has 1 aromatic carbocycles. The van der Waals surface area contributed by atoms with E-state index in [1.165, 1.54) is 0 Å². The standard InChI is InChI=1S/C14H15N3O2/c1-3-4-12(15)14-16-13(17-19-14)9-10-5-7-11(18-2)8-6-10/h1,5-8,12H,4,9,15H2,2H3. The molecule has 5 heteroatoms.